The van der Waals surface area contributed by atoms with Crippen molar-refractivity contribution in [1.29, 1.82) is 0 Å². The second-order valence-electron chi connectivity index (χ2n) is 5.79. The van der Waals surface area contributed by atoms with Gasteiger partial charge in [0.2, 0.25) is 0 Å². The Hall–Kier alpha value is -3.07. The Kier molecular flexibility index (Phi) is 3.84. The molecule has 0 amide bonds. The van der Waals surface area contributed by atoms with Crippen molar-refractivity contribution in [3.05, 3.63) is 52.3 Å². The van der Waals surface area contributed by atoms with Gasteiger partial charge in [0.25, 0.3) is 5.56 Å². The number of fused-ring (bicyclic) bond motifs is 3. The number of H-pyrrole nitrogens is 1. The molecule has 0 saturated carbocycles. The average molecular weight is 392 g/mol. The Bertz CT molecular complexity index is 1240. The van der Waals surface area contributed by atoms with Crippen LogP contribution in [-0.4, -0.2) is 22.2 Å². The number of hydrogen-bond donors (Lipinski definition) is 2. The van der Waals surface area contributed by atoms with Crippen LogP contribution in [0, 0.1) is 0 Å². The molecular formula is C18H11F3N2O3S. The number of ether oxygens (including phenoxy) is 1. The highest BCUT2D eigenvalue weighted by molar-refractivity contribution is 7.25. The van der Waals surface area contributed by atoms with E-state index in [1.54, 1.807) is 24.3 Å². The Morgan fingerprint density at radius 1 is 1.22 bits per heavy atom. The predicted octanol–water partition coefficient (Wildman–Crippen LogP) is 4.54. The molecular weight excluding hydrogens is 381 g/mol. The first-order chi connectivity index (χ1) is 12.8. The Balaban J connectivity index is 2.11. The molecule has 0 spiro atoms. The minimum absolute atomic E-state index is 0.0646. The van der Waals surface area contributed by atoms with Crippen LogP contribution in [0.5, 0.6) is 11.5 Å². The first kappa shape index (κ1) is 17.3. The van der Waals surface area contributed by atoms with Crippen LogP contribution in [0.25, 0.3) is 31.7 Å². The standard InChI is InChI=1S/C18H11F3N2O3S/c1-26-9-4-2-3-8(5-9)11-6-10(18(19,20)21)14-15-16(27-17(14)22-11)12(24)7-13(25)23-15/h2-7H,1H3,(H2,23,24,25). The van der Waals surface area contributed by atoms with Gasteiger partial charge in [-0.2, -0.15) is 13.2 Å². The summed E-state index contributed by atoms with van der Waals surface area (Å²) in [5.41, 5.74) is -1.13. The maximum Gasteiger partial charge on any atom is 0.417 e. The molecule has 5 nitrogen and oxygen atoms in total. The van der Waals surface area contributed by atoms with Gasteiger partial charge in [0.1, 0.15) is 16.3 Å². The van der Waals surface area contributed by atoms with Gasteiger partial charge in [0, 0.05) is 17.0 Å². The second kappa shape index (κ2) is 5.98. The minimum atomic E-state index is -4.68. The molecule has 0 atom stereocenters. The van der Waals surface area contributed by atoms with Crippen LogP contribution < -0.4 is 10.3 Å². The summed E-state index contributed by atoms with van der Waals surface area (Å²) < 4.78 is 46.6. The van der Waals surface area contributed by atoms with Crippen molar-refractivity contribution in [3.63, 3.8) is 0 Å². The molecule has 4 aromatic rings. The Labute approximate surface area is 153 Å². The number of thiophene rings is 1. The highest BCUT2D eigenvalue weighted by Crippen LogP contribution is 2.44. The third kappa shape index (κ3) is 2.89. The average Bonchev–Trinajstić information content (AvgIpc) is 2.99. The van der Waals surface area contributed by atoms with Crippen LogP contribution >= 0.6 is 11.3 Å². The van der Waals surface area contributed by atoms with Crippen molar-refractivity contribution >= 4 is 31.8 Å². The first-order valence-corrected chi connectivity index (χ1v) is 8.51. The zero-order chi connectivity index (χ0) is 19.3. The SMILES string of the molecule is COc1cccc(-c2cc(C(F)(F)F)c3c(n2)sc2c(O)cc(=O)[nH]c23)c1. The van der Waals surface area contributed by atoms with E-state index in [1.165, 1.54) is 7.11 Å². The largest absolute Gasteiger partial charge is 0.506 e. The molecule has 138 valence electrons. The lowest BCUT2D eigenvalue weighted by Crippen LogP contribution is -2.08. The summed E-state index contributed by atoms with van der Waals surface area (Å²) in [5.74, 6) is 0.106. The van der Waals surface area contributed by atoms with Gasteiger partial charge in [0.05, 0.1) is 28.6 Å². The zero-order valence-electron chi connectivity index (χ0n) is 13.7. The normalized spacial score (nSPS) is 12.0. The second-order valence-corrected chi connectivity index (χ2v) is 6.79. The summed E-state index contributed by atoms with van der Waals surface area (Å²) in [6.07, 6.45) is -4.68. The van der Waals surface area contributed by atoms with Gasteiger partial charge in [-0.3, -0.25) is 4.79 Å². The molecule has 9 heteroatoms. The maximum absolute atomic E-state index is 13.8. The monoisotopic (exact) mass is 392 g/mol. The van der Waals surface area contributed by atoms with Crippen molar-refractivity contribution in [2.45, 2.75) is 6.18 Å². The molecule has 0 fully saturated rings. The minimum Gasteiger partial charge on any atom is -0.506 e. The van der Waals surface area contributed by atoms with E-state index in [4.69, 9.17) is 4.74 Å². The zero-order valence-corrected chi connectivity index (χ0v) is 14.5. The molecule has 0 saturated heterocycles. The third-order valence-corrected chi connectivity index (χ3v) is 5.19. The number of rotatable bonds is 2. The van der Waals surface area contributed by atoms with Gasteiger partial charge in [-0.25, -0.2) is 4.98 Å². The highest BCUT2D eigenvalue weighted by atomic mass is 32.1. The fourth-order valence-corrected chi connectivity index (χ4v) is 3.97. The van der Waals surface area contributed by atoms with Crippen LogP contribution in [0.3, 0.4) is 0 Å². The molecule has 3 heterocycles. The Morgan fingerprint density at radius 3 is 2.70 bits per heavy atom. The summed E-state index contributed by atoms with van der Waals surface area (Å²) >= 11 is 0.884. The van der Waals surface area contributed by atoms with Crippen molar-refractivity contribution in [1.82, 2.24) is 9.97 Å². The maximum atomic E-state index is 13.8. The van der Waals surface area contributed by atoms with Crippen molar-refractivity contribution < 1.29 is 23.0 Å². The van der Waals surface area contributed by atoms with Gasteiger partial charge < -0.3 is 14.8 Å². The topological polar surface area (TPSA) is 75.2 Å². The van der Waals surface area contributed by atoms with E-state index >= 15 is 0 Å². The van der Waals surface area contributed by atoms with Crippen molar-refractivity contribution in [3.8, 4) is 22.8 Å². The molecule has 0 bridgehead atoms. The number of halogens is 3. The number of nitrogens with zero attached hydrogens (tertiary/aromatic N) is 1. The van der Waals surface area contributed by atoms with E-state index < -0.39 is 17.3 Å². The molecule has 0 aliphatic heterocycles. The van der Waals surface area contributed by atoms with Crippen LogP contribution in [0.4, 0.5) is 13.2 Å². The number of aromatic nitrogens is 2. The van der Waals surface area contributed by atoms with E-state index in [9.17, 15) is 23.1 Å². The van der Waals surface area contributed by atoms with E-state index in [1.807, 2.05) is 0 Å². The number of aromatic amines is 1. The van der Waals surface area contributed by atoms with E-state index in [2.05, 4.69) is 9.97 Å². The predicted molar refractivity (Wildman–Crippen MR) is 96.4 cm³/mol. The number of benzene rings is 1. The molecule has 1 aromatic carbocycles. The van der Waals surface area contributed by atoms with Gasteiger partial charge in [-0.05, 0) is 18.2 Å². The molecule has 0 aliphatic carbocycles. The van der Waals surface area contributed by atoms with Gasteiger partial charge in [-0.15, -0.1) is 11.3 Å². The highest BCUT2D eigenvalue weighted by Gasteiger charge is 2.35. The van der Waals surface area contributed by atoms with Gasteiger partial charge in [0.15, 0.2) is 0 Å². The Morgan fingerprint density at radius 2 is 2.00 bits per heavy atom. The summed E-state index contributed by atoms with van der Waals surface area (Å²) in [6, 6.07) is 8.40. The fraction of sp³-hybridized carbons (Fsp3) is 0.111. The number of alkyl halides is 3. The van der Waals surface area contributed by atoms with Crippen LogP contribution in [0.2, 0.25) is 0 Å². The molecule has 27 heavy (non-hydrogen) atoms. The lowest BCUT2D eigenvalue weighted by Gasteiger charge is -2.11. The van der Waals surface area contributed by atoms with Gasteiger partial charge >= 0.3 is 6.18 Å². The van der Waals surface area contributed by atoms with Gasteiger partial charge in [-0.1, -0.05) is 12.1 Å². The van der Waals surface area contributed by atoms with Crippen molar-refractivity contribution in [2.75, 3.05) is 7.11 Å². The third-order valence-electron chi connectivity index (χ3n) is 4.08. The number of aromatic hydroxyl groups is 1. The molecule has 0 unspecified atom stereocenters. The molecule has 3 aromatic heterocycles. The van der Waals surface area contributed by atoms with E-state index in [0.717, 1.165) is 23.5 Å². The summed E-state index contributed by atoms with van der Waals surface area (Å²) in [6.45, 7) is 0. The molecule has 2 N–H and O–H groups in total. The smallest absolute Gasteiger partial charge is 0.417 e. The van der Waals surface area contributed by atoms with Crippen molar-refractivity contribution in [2.24, 2.45) is 0 Å². The molecule has 4 rings (SSSR count). The summed E-state index contributed by atoms with van der Waals surface area (Å²) in [5, 5.41) is 9.73. The van der Waals surface area contributed by atoms with Crippen LogP contribution in [0.15, 0.2) is 41.2 Å². The number of methoxy groups -OCH3 is 1. The lowest BCUT2D eigenvalue weighted by molar-refractivity contribution is -0.136. The summed E-state index contributed by atoms with van der Waals surface area (Å²) in [4.78, 5) is 18.4. The molecule has 0 aliphatic rings. The van der Waals surface area contributed by atoms with E-state index in [-0.39, 0.29) is 31.9 Å². The summed E-state index contributed by atoms with van der Waals surface area (Å²) in [7, 11) is 1.46. The quantitative estimate of drug-likeness (QED) is 0.525. The number of nitrogens with one attached hydrogen (secondary N) is 1. The van der Waals surface area contributed by atoms with Crippen LogP contribution in [-0.2, 0) is 6.18 Å². The fourth-order valence-electron chi connectivity index (χ4n) is 2.90. The van der Waals surface area contributed by atoms with Crippen LogP contribution in [0.1, 0.15) is 5.56 Å². The number of hydrogen-bond acceptors (Lipinski definition) is 5. The lowest BCUT2D eigenvalue weighted by atomic mass is 10.1. The first-order valence-electron chi connectivity index (χ1n) is 7.69. The van der Waals surface area contributed by atoms with E-state index in [0.29, 0.717) is 11.3 Å². The molecule has 0 radical (unpaired) electrons. The number of pyridine rings is 2.